The van der Waals surface area contributed by atoms with Crippen molar-refractivity contribution in [2.24, 2.45) is 5.41 Å². The number of aliphatic carboxylic acids is 3. The minimum atomic E-state index is -0.941. The number of Topliss-reactive ketones (excluding diaryl/α,β-unsaturated/α-hetero) is 1. The molecule has 0 aromatic heterocycles. The van der Waals surface area contributed by atoms with Gasteiger partial charge in [0.2, 0.25) is 0 Å². The molecule has 4 fully saturated rings. The van der Waals surface area contributed by atoms with Crippen molar-refractivity contribution in [2.75, 3.05) is 78.5 Å². The van der Waals surface area contributed by atoms with Gasteiger partial charge in [-0.05, 0) is 0 Å². The molecule has 11 nitrogen and oxygen atoms in total. The van der Waals surface area contributed by atoms with Crippen LogP contribution in [0, 0.1) is 5.41 Å². The van der Waals surface area contributed by atoms with Crippen molar-refractivity contribution < 1.29 is 52.4 Å². The van der Waals surface area contributed by atoms with E-state index in [1.807, 2.05) is 20.8 Å². The summed E-state index contributed by atoms with van der Waals surface area (Å²) < 4.78 is 1.09. The summed E-state index contributed by atoms with van der Waals surface area (Å²) in [6.07, 6.45) is 1.80. The van der Waals surface area contributed by atoms with E-state index in [9.17, 15) is 34.5 Å². The molecule has 1 spiro atoms. The Labute approximate surface area is 206 Å². The molecule has 4 rings (SSSR count). The van der Waals surface area contributed by atoms with E-state index in [2.05, 4.69) is 0 Å². The third kappa shape index (κ3) is 3.46. The Morgan fingerprint density at radius 1 is 0.629 bits per heavy atom. The van der Waals surface area contributed by atoms with Crippen molar-refractivity contribution in [3.8, 4) is 0 Å². The van der Waals surface area contributed by atoms with Gasteiger partial charge in [-0.3, -0.25) is 4.79 Å². The van der Waals surface area contributed by atoms with E-state index in [-0.39, 0.29) is 38.9 Å². The molecule has 11 heteroatoms. The van der Waals surface area contributed by atoms with E-state index < -0.39 is 29.2 Å². The fourth-order valence-corrected chi connectivity index (χ4v) is 9.10. The zero-order valence-electron chi connectivity index (χ0n) is 21.4. The Balaban J connectivity index is 1.98. The molecule has 0 aliphatic carbocycles. The number of nitrogens with zero attached hydrogens (tertiary/aromatic N) is 4. The molecule has 5 atom stereocenters. The van der Waals surface area contributed by atoms with Crippen LogP contribution < -0.4 is 0 Å². The van der Waals surface area contributed by atoms with Gasteiger partial charge in [0, 0.05) is 18.3 Å². The van der Waals surface area contributed by atoms with Crippen LogP contribution >= 0.6 is 0 Å². The van der Waals surface area contributed by atoms with Crippen molar-refractivity contribution in [1.29, 1.82) is 0 Å². The third-order valence-corrected chi connectivity index (χ3v) is 9.72. The van der Waals surface area contributed by atoms with Crippen LogP contribution in [0.1, 0.15) is 40.0 Å². The van der Waals surface area contributed by atoms with Gasteiger partial charge in [0.1, 0.15) is 64.7 Å². The van der Waals surface area contributed by atoms with Crippen LogP contribution in [0.4, 0.5) is 0 Å². The number of carbonyl (C=O) groups is 4. The quantitative estimate of drug-likeness (QED) is 0.381. The minimum Gasteiger partial charge on any atom is -0.477 e. The number of rotatable bonds is 9. The highest BCUT2D eigenvalue weighted by Gasteiger charge is 2.95. The average Bonchev–Trinajstić information content (AvgIpc) is 3.18. The predicted octanol–water partition coefficient (Wildman–Crippen LogP) is -0.0414. The van der Waals surface area contributed by atoms with Crippen LogP contribution in [0.2, 0.25) is 0 Å². The predicted molar refractivity (Wildman–Crippen MR) is 123 cm³/mol. The van der Waals surface area contributed by atoms with Gasteiger partial charge in [-0.2, -0.15) is 17.9 Å². The fourth-order valence-electron chi connectivity index (χ4n) is 9.10. The normalized spacial score (nSPS) is 40.1. The Bertz CT molecular complexity index is 884. The standard InChI is InChI=1S/C24H39N4O7/c1-23(2,3)19(29)6-11-25-7-4-8-27(17-21(32)33)14-15-28(18-22(34)35)10-5-9-26(13-12-25,16-20(30)31)24(25,27)28/h4-18H2,1-3H3/q+1/p+3/t24?,25-,26?,27-,28?/m1/s1. The highest BCUT2D eigenvalue weighted by atomic mass is 16.4. The summed E-state index contributed by atoms with van der Waals surface area (Å²) in [7, 11) is 0. The van der Waals surface area contributed by atoms with Gasteiger partial charge in [-0.25, -0.2) is 14.4 Å². The van der Waals surface area contributed by atoms with Gasteiger partial charge in [-0.15, -0.1) is 0 Å². The summed E-state index contributed by atoms with van der Waals surface area (Å²) in [5.74, 6) is -3.63. The number of carboxylic acid groups (broad SMARTS) is 3. The molecule has 0 bridgehead atoms. The molecule has 4 heterocycles. The minimum absolute atomic E-state index is 0.122. The van der Waals surface area contributed by atoms with E-state index in [0.29, 0.717) is 69.7 Å². The van der Waals surface area contributed by atoms with E-state index in [1.165, 1.54) is 0 Å². The molecule has 0 amide bonds. The van der Waals surface area contributed by atoms with Crippen LogP contribution in [-0.2, 0) is 19.2 Å². The number of quaternary nitrogens is 4. The van der Waals surface area contributed by atoms with Crippen LogP contribution in [0.3, 0.4) is 0 Å². The molecule has 35 heavy (non-hydrogen) atoms. The van der Waals surface area contributed by atoms with Gasteiger partial charge in [0.25, 0.3) is 0 Å². The monoisotopic (exact) mass is 498 g/mol. The van der Waals surface area contributed by atoms with Crippen LogP contribution in [0.15, 0.2) is 0 Å². The molecule has 4 aliphatic heterocycles. The lowest BCUT2D eigenvalue weighted by Gasteiger charge is -2.63. The van der Waals surface area contributed by atoms with Crippen LogP contribution in [0.25, 0.3) is 0 Å². The zero-order chi connectivity index (χ0) is 25.9. The highest BCUT2D eigenvalue weighted by Crippen LogP contribution is 2.60. The first-order valence-electron chi connectivity index (χ1n) is 12.8. The van der Waals surface area contributed by atoms with Crippen LogP contribution in [-0.4, -0.2) is 141 Å². The zero-order valence-corrected chi connectivity index (χ0v) is 21.4. The lowest BCUT2D eigenvalue weighted by molar-refractivity contribution is -1.42. The number of carboxylic acids is 3. The number of hydrogen-bond donors (Lipinski definition) is 3. The van der Waals surface area contributed by atoms with Crippen molar-refractivity contribution in [3.05, 3.63) is 0 Å². The first-order valence-corrected chi connectivity index (χ1v) is 12.8. The van der Waals surface area contributed by atoms with E-state index in [0.717, 1.165) is 13.0 Å². The van der Waals surface area contributed by atoms with Gasteiger partial charge in [0.15, 0.2) is 19.6 Å². The molecule has 3 unspecified atom stereocenters. The number of ketones is 1. The summed E-state index contributed by atoms with van der Waals surface area (Å²) in [6.45, 7) is 10.5. The Morgan fingerprint density at radius 3 is 1.31 bits per heavy atom. The molecule has 0 radical (unpaired) electrons. The second kappa shape index (κ2) is 8.22. The van der Waals surface area contributed by atoms with Crippen molar-refractivity contribution in [1.82, 2.24) is 0 Å². The summed E-state index contributed by atoms with van der Waals surface area (Å²) in [6, 6.07) is 0. The molecule has 4 aliphatic rings. The lowest BCUT2D eigenvalue weighted by atomic mass is 9.88. The smallest absolute Gasteiger partial charge is 0.477 e. The van der Waals surface area contributed by atoms with Gasteiger partial charge >= 0.3 is 23.8 Å². The largest absolute Gasteiger partial charge is 0.482 e. The van der Waals surface area contributed by atoms with Gasteiger partial charge in [-0.1, -0.05) is 20.8 Å². The molecule has 4 saturated heterocycles. The summed E-state index contributed by atoms with van der Waals surface area (Å²) in [4.78, 5) is 50.1. The fraction of sp³-hybridized carbons (Fsp3) is 0.833. The second-order valence-corrected chi connectivity index (χ2v) is 12.5. The molecule has 196 valence electrons. The molecule has 0 saturated carbocycles. The van der Waals surface area contributed by atoms with E-state index in [4.69, 9.17) is 0 Å². The maximum Gasteiger partial charge on any atom is 0.482 e. The van der Waals surface area contributed by atoms with Crippen molar-refractivity contribution in [2.45, 2.75) is 45.9 Å². The third-order valence-electron chi connectivity index (χ3n) is 9.72. The molecule has 3 N–H and O–H groups in total. The van der Waals surface area contributed by atoms with Crippen LogP contribution in [0.5, 0.6) is 0 Å². The highest BCUT2D eigenvalue weighted by molar-refractivity contribution is 5.83. The lowest BCUT2D eigenvalue weighted by Crippen LogP contribution is -2.96. The topological polar surface area (TPSA) is 129 Å². The Kier molecular flexibility index (Phi) is 6.11. The first kappa shape index (κ1) is 26.0. The maximum atomic E-state index is 13.1. The number of hydrogen-bond acceptors (Lipinski definition) is 4. The maximum absolute atomic E-state index is 13.1. The van der Waals surface area contributed by atoms with E-state index >= 15 is 0 Å². The number of carbonyl (C=O) groups excluding carboxylic acids is 1. The molecular weight excluding hydrogens is 456 g/mol. The average molecular weight is 499 g/mol. The van der Waals surface area contributed by atoms with Gasteiger partial charge < -0.3 is 15.3 Å². The molecular formula is C24H42N4O7+4. The van der Waals surface area contributed by atoms with E-state index in [1.54, 1.807) is 0 Å². The molecule has 0 aromatic rings. The second-order valence-electron chi connectivity index (χ2n) is 12.5. The summed E-state index contributed by atoms with van der Waals surface area (Å²) >= 11 is 0. The Morgan fingerprint density at radius 2 is 0.971 bits per heavy atom. The first-order chi connectivity index (χ1) is 16.2. The molecule has 0 aromatic carbocycles. The SMILES string of the molecule is CC(C)(C)C(=O)CC[N@+]12CCC[N@+]3(CC(=O)O)CC[N+]4(CC(=O)O)CCC[N+](CC(=O)O)(CC1)C423. The summed E-state index contributed by atoms with van der Waals surface area (Å²) in [5.41, 5.74) is -0.513. The Hall–Kier alpha value is -2.08. The summed E-state index contributed by atoms with van der Waals surface area (Å²) in [5, 5.41) is 30.3. The van der Waals surface area contributed by atoms with Crippen molar-refractivity contribution >= 4 is 23.7 Å². The van der Waals surface area contributed by atoms with Gasteiger partial charge in [0.05, 0.1) is 6.42 Å². The van der Waals surface area contributed by atoms with Crippen molar-refractivity contribution in [3.63, 3.8) is 0 Å².